The zero-order valence-corrected chi connectivity index (χ0v) is 12.7. The summed E-state index contributed by atoms with van der Waals surface area (Å²) in [7, 11) is 0. The third-order valence-corrected chi connectivity index (χ3v) is 3.87. The van der Waals surface area contributed by atoms with Crippen molar-refractivity contribution in [3.05, 3.63) is 50.4 Å². The van der Waals surface area contributed by atoms with Crippen LogP contribution in [0.5, 0.6) is 0 Å². The zero-order valence-electron chi connectivity index (χ0n) is 11.1. The van der Waals surface area contributed by atoms with Crippen LogP contribution in [-0.4, -0.2) is 24.9 Å². The summed E-state index contributed by atoms with van der Waals surface area (Å²) in [5.74, 6) is 0. The van der Waals surface area contributed by atoms with Gasteiger partial charge in [-0.15, -0.1) is 0 Å². The fourth-order valence-electron chi connectivity index (χ4n) is 2.57. The first-order chi connectivity index (χ1) is 10.6. The topological polar surface area (TPSA) is 93.1 Å². The molecule has 0 spiro atoms. The molecule has 0 unspecified atom stereocenters. The number of para-hydroxylation sites is 1. The lowest BCUT2D eigenvalue weighted by molar-refractivity contribution is 1.08. The highest BCUT2D eigenvalue weighted by molar-refractivity contribution is 7.71. The van der Waals surface area contributed by atoms with Crippen LogP contribution in [-0.2, 0) is 0 Å². The zero-order chi connectivity index (χ0) is 15.3. The minimum atomic E-state index is -0.308. The summed E-state index contributed by atoms with van der Waals surface area (Å²) >= 11 is 10.2. The van der Waals surface area contributed by atoms with Gasteiger partial charge in [0, 0.05) is 22.7 Å². The molecular weight excluding hydrogens is 318 g/mol. The first-order valence-electron chi connectivity index (χ1n) is 6.46. The van der Waals surface area contributed by atoms with Crippen LogP contribution in [0.4, 0.5) is 0 Å². The van der Waals surface area contributed by atoms with Crippen LogP contribution >= 0.6 is 24.4 Å². The maximum atomic E-state index is 12.3. The molecule has 0 amide bonds. The van der Waals surface area contributed by atoms with Crippen molar-refractivity contribution in [2.45, 2.75) is 0 Å². The average Bonchev–Trinajstić information content (AvgIpc) is 2.89. The van der Waals surface area contributed by atoms with Crippen molar-refractivity contribution in [1.29, 1.82) is 0 Å². The van der Waals surface area contributed by atoms with Crippen LogP contribution in [0.25, 0.3) is 33.2 Å². The average molecular weight is 327 g/mol. The van der Waals surface area contributed by atoms with Crippen LogP contribution in [0, 0.1) is 9.54 Å². The first-order valence-corrected chi connectivity index (χ1v) is 7.28. The van der Waals surface area contributed by atoms with Gasteiger partial charge in [-0.25, -0.2) is 4.98 Å². The highest BCUT2D eigenvalue weighted by atomic mass is 32.1. The van der Waals surface area contributed by atoms with Gasteiger partial charge in [-0.1, -0.05) is 18.2 Å². The van der Waals surface area contributed by atoms with E-state index in [1.165, 1.54) is 0 Å². The van der Waals surface area contributed by atoms with E-state index in [1.54, 1.807) is 0 Å². The Bertz CT molecular complexity index is 1190. The summed E-state index contributed by atoms with van der Waals surface area (Å²) in [6.45, 7) is 0. The van der Waals surface area contributed by atoms with E-state index >= 15 is 0 Å². The van der Waals surface area contributed by atoms with Gasteiger partial charge in [-0.2, -0.15) is 0 Å². The Kier molecular flexibility index (Phi) is 2.81. The second kappa shape index (κ2) is 4.72. The Balaban J connectivity index is 2.22. The normalized spacial score (nSPS) is 11.3. The molecule has 0 aliphatic carbocycles. The molecule has 0 aliphatic rings. The molecule has 3 aromatic heterocycles. The molecule has 4 N–H and O–H groups in total. The van der Waals surface area contributed by atoms with Gasteiger partial charge in [0.1, 0.15) is 5.39 Å². The van der Waals surface area contributed by atoms with E-state index in [4.69, 9.17) is 24.4 Å². The van der Waals surface area contributed by atoms with E-state index in [0.29, 0.717) is 16.7 Å². The summed E-state index contributed by atoms with van der Waals surface area (Å²) in [4.78, 5) is 28.1. The van der Waals surface area contributed by atoms with E-state index in [2.05, 4.69) is 24.9 Å². The quantitative estimate of drug-likeness (QED) is 0.404. The van der Waals surface area contributed by atoms with Gasteiger partial charge in [0.15, 0.2) is 15.2 Å². The van der Waals surface area contributed by atoms with Gasteiger partial charge in [0.25, 0.3) is 5.56 Å². The van der Waals surface area contributed by atoms with Gasteiger partial charge in [-0.05, 0) is 30.5 Å². The number of aromatic amines is 4. The predicted octanol–water partition coefficient (Wildman–Crippen LogP) is 3.19. The third kappa shape index (κ3) is 1.92. The molecule has 0 fully saturated rings. The fraction of sp³-hybridized carbons (Fsp3) is 0. The lowest BCUT2D eigenvalue weighted by atomic mass is 10.1. The second-order valence-electron chi connectivity index (χ2n) is 4.80. The Morgan fingerprint density at radius 3 is 2.73 bits per heavy atom. The number of nitrogens with zero attached hydrogens (tertiary/aromatic N) is 1. The van der Waals surface area contributed by atoms with Crippen LogP contribution in [0.3, 0.4) is 0 Å². The van der Waals surface area contributed by atoms with E-state index in [1.807, 2.05) is 30.5 Å². The molecule has 6 nitrogen and oxygen atoms in total. The van der Waals surface area contributed by atoms with Gasteiger partial charge in [-0.3, -0.25) is 9.78 Å². The van der Waals surface area contributed by atoms with Crippen molar-refractivity contribution in [3.8, 4) is 11.3 Å². The standard InChI is InChI=1S/C14H9N5OS2/c20-12-9-10(7-5-15-8-4-2-1-3-6(7)8)16-13(21)17-11(9)18-14(22)19-12/h1-5,15H,(H3,16,17,18,19,20,21,22). The number of hydrogen-bond acceptors (Lipinski definition) is 4. The van der Waals surface area contributed by atoms with E-state index in [9.17, 15) is 4.79 Å². The minimum Gasteiger partial charge on any atom is -0.360 e. The Labute approximate surface area is 133 Å². The highest BCUT2D eigenvalue weighted by Gasteiger charge is 2.14. The molecule has 108 valence electrons. The largest absolute Gasteiger partial charge is 0.360 e. The third-order valence-electron chi connectivity index (χ3n) is 3.48. The molecule has 4 rings (SSSR count). The van der Waals surface area contributed by atoms with Crippen molar-refractivity contribution in [2.24, 2.45) is 0 Å². The van der Waals surface area contributed by atoms with E-state index < -0.39 is 0 Å². The minimum absolute atomic E-state index is 0.218. The lowest BCUT2D eigenvalue weighted by Crippen LogP contribution is -2.11. The summed E-state index contributed by atoms with van der Waals surface area (Å²) in [6.07, 6.45) is 1.84. The van der Waals surface area contributed by atoms with Crippen molar-refractivity contribution in [2.75, 3.05) is 0 Å². The molecule has 22 heavy (non-hydrogen) atoms. The molecule has 0 saturated carbocycles. The molecular formula is C14H9N5OS2. The second-order valence-corrected chi connectivity index (χ2v) is 5.59. The van der Waals surface area contributed by atoms with Crippen molar-refractivity contribution in [3.63, 3.8) is 0 Å². The van der Waals surface area contributed by atoms with Gasteiger partial charge < -0.3 is 15.0 Å². The lowest BCUT2D eigenvalue weighted by Gasteiger charge is -2.05. The molecule has 0 bridgehead atoms. The monoisotopic (exact) mass is 327 g/mol. The maximum Gasteiger partial charge on any atom is 0.263 e. The molecule has 1 aromatic carbocycles. The smallest absolute Gasteiger partial charge is 0.263 e. The fourth-order valence-corrected chi connectivity index (χ4v) is 2.95. The van der Waals surface area contributed by atoms with Crippen molar-refractivity contribution >= 4 is 46.4 Å². The SMILES string of the molecule is O=c1[nH]c(=S)[nH]c2nc(=S)[nH]c(-c3c[nH]c4ccccc34)c12. The number of nitrogens with one attached hydrogen (secondary N) is 4. The van der Waals surface area contributed by atoms with Crippen LogP contribution in [0.15, 0.2) is 35.3 Å². The maximum absolute atomic E-state index is 12.3. The van der Waals surface area contributed by atoms with Crippen molar-refractivity contribution in [1.82, 2.24) is 24.9 Å². The summed E-state index contributed by atoms with van der Waals surface area (Å²) in [5.41, 5.74) is 2.50. The molecule has 0 aliphatic heterocycles. The Hall–Kier alpha value is -2.58. The summed E-state index contributed by atoms with van der Waals surface area (Å²) in [5, 5.41) is 1.38. The number of aromatic nitrogens is 5. The Morgan fingerprint density at radius 2 is 1.86 bits per heavy atom. The van der Waals surface area contributed by atoms with Crippen LogP contribution in [0.2, 0.25) is 0 Å². The first kappa shape index (κ1) is 13.1. The number of benzene rings is 1. The van der Waals surface area contributed by atoms with Gasteiger partial charge >= 0.3 is 0 Å². The molecule has 0 atom stereocenters. The molecule has 0 radical (unpaired) electrons. The number of rotatable bonds is 1. The number of fused-ring (bicyclic) bond motifs is 2. The van der Waals surface area contributed by atoms with E-state index in [-0.39, 0.29) is 15.1 Å². The predicted molar refractivity (Wildman–Crippen MR) is 90.0 cm³/mol. The van der Waals surface area contributed by atoms with Gasteiger partial charge in [0.2, 0.25) is 0 Å². The Morgan fingerprint density at radius 1 is 1.05 bits per heavy atom. The molecule has 0 saturated heterocycles. The highest BCUT2D eigenvalue weighted by Crippen LogP contribution is 2.29. The molecule has 3 heterocycles. The molecule has 4 aromatic rings. The van der Waals surface area contributed by atoms with E-state index in [0.717, 1.165) is 16.5 Å². The van der Waals surface area contributed by atoms with Crippen molar-refractivity contribution < 1.29 is 0 Å². The summed E-state index contributed by atoms with van der Waals surface area (Å²) in [6, 6.07) is 7.83. The van der Waals surface area contributed by atoms with Gasteiger partial charge in [0.05, 0.1) is 5.69 Å². The number of hydrogen-bond donors (Lipinski definition) is 4. The summed E-state index contributed by atoms with van der Waals surface area (Å²) < 4.78 is 0.500. The van der Waals surface area contributed by atoms with Crippen LogP contribution < -0.4 is 5.56 Å². The number of H-pyrrole nitrogens is 4. The molecule has 8 heteroatoms. The van der Waals surface area contributed by atoms with Crippen LogP contribution in [0.1, 0.15) is 0 Å².